The molecule has 0 aliphatic carbocycles. The van der Waals surface area contributed by atoms with Crippen molar-refractivity contribution >= 4 is 11.6 Å². The summed E-state index contributed by atoms with van der Waals surface area (Å²) in [5, 5.41) is 9.09. The van der Waals surface area contributed by atoms with E-state index in [0.29, 0.717) is 5.56 Å². The van der Waals surface area contributed by atoms with Crippen LogP contribution in [0.5, 0.6) is 0 Å². The maximum absolute atomic E-state index is 13.0. The third-order valence-electron chi connectivity index (χ3n) is 4.96. The van der Waals surface area contributed by atoms with Gasteiger partial charge in [-0.05, 0) is 50.5 Å². The molecule has 1 aliphatic heterocycles. The largest absolute Gasteiger partial charge is 0.318 e. The van der Waals surface area contributed by atoms with E-state index in [1.54, 1.807) is 0 Å². The lowest BCUT2D eigenvalue weighted by Crippen LogP contribution is -2.59. The molecule has 1 fully saturated rings. The number of quaternary nitrogens is 1. The van der Waals surface area contributed by atoms with Crippen LogP contribution in [0.2, 0.25) is 0 Å². The molecule has 2 rings (SSSR count). The fourth-order valence-electron chi connectivity index (χ4n) is 3.39. The van der Waals surface area contributed by atoms with Gasteiger partial charge in [-0.3, -0.25) is 4.79 Å². The van der Waals surface area contributed by atoms with Crippen LogP contribution < -0.4 is 4.90 Å². The predicted octanol–water partition coefficient (Wildman–Crippen LogP) is 2.77. The number of hydrogen-bond acceptors (Lipinski definition) is 2. The average molecular weight is 300 g/mol. The fourth-order valence-corrected chi connectivity index (χ4v) is 3.39. The Morgan fingerprint density at radius 2 is 1.91 bits per heavy atom. The van der Waals surface area contributed by atoms with Gasteiger partial charge < -0.3 is 9.38 Å². The summed E-state index contributed by atoms with van der Waals surface area (Å²) in [4.78, 5) is 15.0. The van der Waals surface area contributed by atoms with Crippen molar-refractivity contribution in [1.82, 2.24) is 0 Å². The number of carbonyl (C=O) groups excluding carboxylic acids is 1. The number of nitrogens with zero attached hydrogens (tertiary/aromatic N) is 3. The molecule has 0 aromatic heterocycles. The number of benzene rings is 1. The number of anilines is 1. The summed E-state index contributed by atoms with van der Waals surface area (Å²) in [5.41, 5.74) is 3.66. The van der Waals surface area contributed by atoms with Gasteiger partial charge in [-0.25, -0.2) is 0 Å². The Labute approximate surface area is 133 Å². The maximum atomic E-state index is 13.0. The lowest BCUT2D eigenvalue weighted by Gasteiger charge is -2.42. The Bertz CT molecular complexity index is 605. The molecule has 0 spiro atoms. The Morgan fingerprint density at radius 1 is 1.32 bits per heavy atom. The Balaban J connectivity index is 2.41. The zero-order valence-electron chi connectivity index (χ0n) is 14.3. The summed E-state index contributed by atoms with van der Waals surface area (Å²) in [6.45, 7) is 7.81. The van der Waals surface area contributed by atoms with Crippen LogP contribution in [0.1, 0.15) is 36.5 Å². The first-order valence-electron chi connectivity index (χ1n) is 7.97. The van der Waals surface area contributed by atoms with Crippen LogP contribution in [-0.4, -0.2) is 43.6 Å². The Kier molecular flexibility index (Phi) is 4.58. The molecule has 1 amide bonds. The van der Waals surface area contributed by atoms with Gasteiger partial charge in [0.05, 0.1) is 32.3 Å². The molecule has 0 radical (unpaired) electrons. The second-order valence-electron chi connectivity index (χ2n) is 6.81. The molecule has 4 heteroatoms. The number of hydrogen-bond donors (Lipinski definition) is 0. The van der Waals surface area contributed by atoms with E-state index in [0.717, 1.165) is 47.2 Å². The van der Waals surface area contributed by atoms with E-state index in [1.807, 2.05) is 30.9 Å². The topological polar surface area (TPSA) is 44.1 Å². The Morgan fingerprint density at radius 3 is 2.41 bits per heavy atom. The quantitative estimate of drug-likeness (QED) is 0.806. The number of aryl methyl sites for hydroxylation is 2. The highest BCUT2D eigenvalue weighted by Crippen LogP contribution is 2.31. The van der Waals surface area contributed by atoms with Gasteiger partial charge in [0, 0.05) is 18.7 Å². The van der Waals surface area contributed by atoms with Gasteiger partial charge in [0.1, 0.15) is 0 Å². The SMILES string of the molecule is CC[N+](C)(C)C1CCCN(c2c(C)cc(C#N)cc2C)C1=O. The van der Waals surface area contributed by atoms with Crippen LogP contribution in [0.15, 0.2) is 12.1 Å². The van der Waals surface area contributed by atoms with Crippen LogP contribution in [0.3, 0.4) is 0 Å². The summed E-state index contributed by atoms with van der Waals surface area (Å²) in [6.07, 6.45) is 1.97. The number of rotatable bonds is 3. The molecule has 0 bridgehead atoms. The lowest BCUT2D eigenvalue weighted by molar-refractivity contribution is -0.904. The molecule has 118 valence electrons. The van der Waals surface area contributed by atoms with Crippen molar-refractivity contribution < 1.29 is 9.28 Å². The molecule has 1 aliphatic rings. The van der Waals surface area contributed by atoms with E-state index in [1.165, 1.54) is 0 Å². The highest BCUT2D eigenvalue weighted by Gasteiger charge is 2.40. The smallest absolute Gasteiger partial charge is 0.285 e. The van der Waals surface area contributed by atoms with E-state index in [-0.39, 0.29) is 11.9 Å². The van der Waals surface area contributed by atoms with Crippen molar-refractivity contribution in [3.63, 3.8) is 0 Å². The molecule has 0 N–H and O–H groups in total. The van der Waals surface area contributed by atoms with Crippen molar-refractivity contribution in [2.45, 2.75) is 39.7 Å². The molecule has 1 saturated heterocycles. The highest BCUT2D eigenvalue weighted by atomic mass is 16.2. The van der Waals surface area contributed by atoms with Gasteiger partial charge in [-0.2, -0.15) is 5.26 Å². The van der Waals surface area contributed by atoms with Crippen LogP contribution in [0.25, 0.3) is 0 Å². The van der Waals surface area contributed by atoms with Crippen LogP contribution in [-0.2, 0) is 4.79 Å². The highest BCUT2D eigenvalue weighted by molar-refractivity contribution is 5.98. The molecule has 0 saturated carbocycles. The number of amides is 1. The van der Waals surface area contributed by atoms with Crippen LogP contribution >= 0.6 is 0 Å². The third-order valence-corrected chi connectivity index (χ3v) is 4.96. The molecule has 1 aromatic rings. The molecule has 1 atom stereocenters. The second kappa shape index (κ2) is 6.10. The maximum Gasteiger partial charge on any atom is 0.285 e. The molecule has 4 nitrogen and oxygen atoms in total. The van der Waals surface area contributed by atoms with E-state index < -0.39 is 0 Å². The zero-order chi connectivity index (χ0) is 16.5. The standard InChI is InChI=1S/C18H26N3O/c1-6-21(4,5)16-8-7-9-20(18(16)22)17-13(2)10-15(12-19)11-14(17)3/h10-11,16H,6-9H2,1-5H3/q+1. The summed E-state index contributed by atoms with van der Waals surface area (Å²) < 4.78 is 0.726. The number of nitriles is 1. The molecule has 1 unspecified atom stereocenters. The summed E-state index contributed by atoms with van der Waals surface area (Å²) in [6, 6.07) is 5.96. The second-order valence-corrected chi connectivity index (χ2v) is 6.81. The number of piperidine rings is 1. The van der Waals surface area contributed by atoms with Gasteiger partial charge in [0.2, 0.25) is 0 Å². The third kappa shape index (κ3) is 2.86. The van der Waals surface area contributed by atoms with Crippen LogP contribution in [0.4, 0.5) is 5.69 Å². The number of likely N-dealkylation sites (N-methyl/N-ethyl adjacent to an activating group) is 1. The minimum absolute atomic E-state index is 0.0215. The monoisotopic (exact) mass is 300 g/mol. The van der Waals surface area contributed by atoms with Gasteiger partial charge in [-0.15, -0.1) is 0 Å². The van der Waals surface area contributed by atoms with Gasteiger partial charge in [-0.1, -0.05) is 0 Å². The van der Waals surface area contributed by atoms with Gasteiger partial charge in [0.25, 0.3) is 5.91 Å². The first kappa shape index (κ1) is 16.5. The molecule has 1 heterocycles. The van der Waals surface area contributed by atoms with E-state index >= 15 is 0 Å². The summed E-state index contributed by atoms with van der Waals surface area (Å²) >= 11 is 0. The first-order valence-corrected chi connectivity index (χ1v) is 7.97. The van der Waals surface area contributed by atoms with Gasteiger partial charge >= 0.3 is 0 Å². The van der Waals surface area contributed by atoms with E-state index in [4.69, 9.17) is 5.26 Å². The fraction of sp³-hybridized carbons (Fsp3) is 0.556. The zero-order valence-corrected chi connectivity index (χ0v) is 14.3. The molecule has 22 heavy (non-hydrogen) atoms. The van der Waals surface area contributed by atoms with E-state index in [9.17, 15) is 4.79 Å². The summed E-state index contributed by atoms with van der Waals surface area (Å²) in [5.74, 6) is 0.217. The van der Waals surface area contributed by atoms with Gasteiger partial charge in [0.15, 0.2) is 6.04 Å². The summed E-state index contributed by atoms with van der Waals surface area (Å²) in [7, 11) is 4.26. The Hall–Kier alpha value is -1.86. The van der Waals surface area contributed by atoms with E-state index in [2.05, 4.69) is 27.1 Å². The van der Waals surface area contributed by atoms with Crippen molar-refractivity contribution in [1.29, 1.82) is 5.26 Å². The molecular weight excluding hydrogens is 274 g/mol. The molecular formula is C18H26N3O+. The van der Waals surface area contributed by atoms with Crippen LogP contribution in [0, 0.1) is 25.2 Å². The van der Waals surface area contributed by atoms with Crippen molar-refractivity contribution in [3.8, 4) is 6.07 Å². The predicted molar refractivity (Wildman–Crippen MR) is 88.7 cm³/mol. The minimum Gasteiger partial charge on any atom is -0.318 e. The van der Waals surface area contributed by atoms with Crippen molar-refractivity contribution in [3.05, 3.63) is 28.8 Å². The minimum atomic E-state index is 0.0215. The normalized spacial score (nSPS) is 19.2. The average Bonchev–Trinajstić information content (AvgIpc) is 2.47. The number of carbonyl (C=O) groups is 1. The lowest BCUT2D eigenvalue weighted by atomic mass is 9.97. The molecule has 1 aromatic carbocycles. The van der Waals surface area contributed by atoms with Crippen molar-refractivity contribution in [2.24, 2.45) is 0 Å². The first-order chi connectivity index (χ1) is 10.3. The van der Waals surface area contributed by atoms with Crippen molar-refractivity contribution in [2.75, 3.05) is 32.1 Å².